The lowest BCUT2D eigenvalue weighted by Gasteiger charge is -2.19. The number of rotatable bonds is 8. The normalized spacial score (nSPS) is 12.7. The van der Waals surface area contributed by atoms with Gasteiger partial charge in [0.2, 0.25) is 0 Å². The largest absolute Gasteiger partial charge is 0.490 e. The summed E-state index contributed by atoms with van der Waals surface area (Å²) in [5.74, 6) is 0.893. The van der Waals surface area contributed by atoms with E-state index in [4.69, 9.17) is 4.74 Å². The van der Waals surface area contributed by atoms with Gasteiger partial charge in [0.1, 0.15) is 18.5 Å². The van der Waals surface area contributed by atoms with E-state index >= 15 is 0 Å². The Kier molecular flexibility index (Phi) is 6.89. The van der Waals surface area contributed by atoms with Gasteiger partial charge in [-0.1, -0.05) is 32.0 Å². The highest BCUT2D eigenvalue weighted by Gasteiger charge is 2.10. The van der Waals surface area contributed by atoms with Crippen LogP contribution in [0.4, 0.5) is 0 Å². The predicted octanol–water partition coefficient (Wildman–Crippen LogP) is 2.82. The van der Waals surface area contributed by atoms with Gasteiger partial charge in [0.25, 0.3) is 0 Å². The Morgan fingerprint density at radius 3 is 2.26 bits per heavy atom. The van der Waals surface area contributed by atoms with Gasteiger partial charge in [-0.3, -0.25) is 0 Å². The second-order valence-corrected chi connectivity index (χ2v) is 5.11. The summed E-state index contributed by atoms with van der Waals surface area (Å²) < 4.78 is 5.74. The summed E-state index contributed by atoms with van der Waals surface area (Å²) in [6, 6.07) is 6.55. The highest BCUT2D eigenvalue weighted by Crippen LogP contribution is 2.22. The molecule has 1 rings (SSSR count). The molecule has 0 heterocycles. The zero-order valence-corrected chi connectivity index (χ0v) is 12.6. The fraction of sp³-hybridized carbons (Fsp3) is 0.625. The first-order valence-corrected chi connectivity index (χ1v) is 7.18. The van der Waals surface area contributed by atoms with E-state index in [2.05, 4.69) is 19.2 Å². The summed E-state index contributed by atoms with van der Waals surface area (Å²) in [4.78, 5) is 0. The van der Waals surface area contributed by atoms with E-state index in [9.17, 15) is 5.11 Å². The maximum absolute atomic E-state index is 9.94. The molecule has 3 nitrogen and oxygen atoms in total. The van der Waals surface area contributed by atoms with E-state index in [1.807, 2.05) is 32.0 Å². The van der Waals surface area contributed by atoms with Crippen LogP contribution in [0.3, 0.4) is 0 Å². The summed E-state index contributed by atoms with van der Waals surface area (Å²) in [7, 11) is 0. The number of aliphatic hydroxyl groups excluding tert-OH is 1. The summed E-state index contributed by atoms with van der Waals surface area (Å²) in [6.45, 7) is 9.27. The SMILES string of the molecule is CCC(CC)NCC(O)COc1c(C)cccc1C. The maximum Gasteiger partial charge on any atom is 0.125 e. The summed E-state index contributed by atoms with van der Waals surface area (Å²) in [6.07, 6.45) is 1.70. The van der Waals surface area contributed by atoms with Gasteiger partial charge in [0.05, 0.1) is 0 Å². The van der Waals surface area contributed by atoms with Crippen molar-refractivity contribution in [2.24, 2.45) is 0 Å². The molecule has 3 heteroatoms. The maximum atomic E-state index is 9.94. The third kappa shape index (κ3) is 5.21. The molecule has 1 aromatic rings. The van der Waals surface area contributed by atoms with Gasteiger partial charge in [-0.2, -0.15) is 0 Å². The van der Waals surface area contributed by atoms with Gasteiger partial charge >= 0.3 is 0 Å². The molecule has 0 aliphatic carbocycles. The Balaban J connectivity index is 2.40. The first-order valence-electron chi connectivity index (χ1n) is 7.18. The quantitative estimate of drug-likeness (QED) is 0.759. The Morgan fingerprint density at radius 1 is 1.16 bits per heavy atom. The number of benzene rings is 1. The molecular formula is C16H27NO2. The van der Waals surface area contributed by atoms with Gasteiger partial charge in [0.15, 0.2) is 0 Å². The first-order chi connectivity index (χ1) is 9.08. The van der Waals surface area contributed by atoms with E-state index in [0.29, 0.717) is 19.2 Å². The molecule has 0 spiro atoms. The lowest BCUT2D eigenvalue weighted by Crippen LogP contribution is -2.37. The van der Waals surface area contributed by atoms with Gasteiger partial charge in [-0.15, -0.1) is 0 Å². The van der Waals surface area contributed by atoms with Crippen molar-refractivity contribution in [3.63, 3.8) is 0 Å². The van der Waals surface area contributed by atoms with Gasteiger partial charge in [-0.05, 0) is 37.8 Å². The van der Waals surface area contributed by atoms with Crippen LogP contribution in [0.25, 0.3) is 0 Å². The standard InChI is InChI=1S/C16H27NO2/c1-5-14(6-2)17-10-15(18)11-19-16-12(3)8-7-9-13(16)4/h7-9,14-15,17-18H,5-6,10-11H2,1-4H3. The van der Waals surface area contributed by atoms with Gasteiger partial charge in [0, 0.05) is 12.6 Å². The average molecular weight is 265 g/mol. The van der Waals surface area contributed by atoms with Crippen LogP contribution < -0.4 is 10.1 Å². The van der Waals surface area contributed by atoms with Crippen LogP contribution in [-0.2, 0) is 0 Å². The minimum absolute atomic E-state index is 0.332. The van der Waals surface area contributed by atoms with Crippen molar-refractivity contribution >= 4 is 0 Å². The molecule has 0 fully saturated rings. The molecule has 0 saturated carbocycles. The molecule has 1 unspecified atom stereocenters. The van der Waals surface area contributed by atoms with Crippen molar-refractivity contribution in [1.29, 1.82) is 0 Å². The number of hydrogen-bond donors (Lipinski definition) is 2. The molecule has 0 aliphatic rings. The zero-order valence-electron chi connectivity index (χ0n) is 12.6. The van der Waals surface area contributed by atoms with Crippen molar-refractivity contribution in [1.82, 2.24) is 5.32 Å². The number of ether oxygens (including phenoxy) is 1. The summed E-state index contributed by atoms with van der Waals surface area (Å²) in [5.41, 5.74) is 2.22. The fourth-order valence-corrected chi connectivity index (χ4v) is 2.15. The minimum atomic E-state index is -0.473. The lowest BCUT2D eigenvalue weighted by atomic mass is 10.1. The number of aryl methyl sites for hydroxylation is 2. The van der Waals surface area contributed by atoms with Crippen molar-refractivity contribution in [2.45, 2.75) is 52.7 Å². The second-order valence-electron chi connectivity index (χ2n) is 5.11. The first kappa shape index (κ1) is 16.0. The number of para-hydroxylation sites is 1. The number of aliphatic hydroxyl groups is 1. The molecule has 19 heavy (non-hydrogen) atoms. The molecule has 0 radical (unpaired) electrons. The van der Waals surface area contributed by atoms with E-state index in [1.165, 1.54) is 0 Å². The van der Waals surface area contributed by atoms with Crippen LogP contribution in [0.1, 0.15) is 37.8 Å². The molecule has 0 aliphatic heterocycles. The molecule has 0 amide bonds. The molecule has 0 aromatic heterocycles. The zero-order chi connectivity index (χ0) is 14.3. The van der Waals surface area contributed by atoms with Crippen molar-refractivity contribution < 1.29 is 9.84 Å². The lowest BCUT2D eigenvalue weighted by molar-refractivity contribution is 0.102. The Hall–Kier alpha value is -1.06. The minimum Gasteiger partial charge on any atom is -0.490 e. The summed E-state index contributed by atoms with van der Waals surface area (Å²) in [5, 5.41) is 13.3. The molecule has 1 aromatic carbocycles. The van der Waals surface area contributed by atoms with E-state index in [0.717, 1.165) is 29.7 Å². The molecule has 108 valence electrons. The van der Waals surface area contributed by atoms with E-state index in [-0.39, 0.29) is 0 Å². The smallest absolute Gasteiger partial charge is 0.125 e. The van der Waals surface area contributed by atoms with E-state index < -0.39 is 6.10 Å². The highest BCUT2D eigenvalue weighted by atomic mass is 16.5. The van der Waals surface area contributed by atoms with Gasteiger partial charge in [-0.25, -0.2) is 0 Å². The van der Waals surface area contributed by atoms with Crippen molar-refractivity contribution in [3.8, 4) is 5.75 Å². The molecule has 0 saturated heterocycles. The number of hydrogen-bond acceptors (Lipinski definition) is 3. The molecular weight excluding hydrogens is 238 g/mol. The Bertz CT molecular complexity index is 355. The predicted molar refractivity (Wildman–Crippen MR) is 79.8 cm³/mol. The third-order valence-corrected chi connectivity index (χ3v) is 3.46. The van der Waals surface area contributed by atoms with E-state index in [1.54, 1.807) is 0 Å². The highest BCUT2D eigenvalue weighted by molar-refractivity contribution is 5.39. The third-order valence-electron chi connectivity index (χ3n) is 3.46. The van der Waals surface area contributed by atoms with Crippen LogP contribution in [0.15, 0.2) is 18.2 Å². The van der Waals surface area contributed by atoms with Gasteiger partial charge < -0.3 is 15.2 Å². The van der Waals surface area contributed by atoms with Crippen LogP contribution in [0, 0.1) is 13.8 Å². The average Bonchev–Trinajstić information content (AvgIpc) is 2.39. The van der Waals surface area contributed by atoms with Crippen LogP contribution in [0.2, 0.25) is 0 Å². The fourth-order valence-electron chi connectivity index (χ4n) is 2.15. The molecule has 2 N–H and O–H groups in total. The summed E-state index contributed by atoms with van der Waals surface area (Å²) >= 11 is 0. The van der Waals surface area contributed by atoms with Crippen LogP contribution >= 0.6 is 0 Å². The Labute approximate surface area is 117 Å². The van der Waals surface area contributed by atoms with Crippen molar-refractivity contribution in [2.75, 3.05) is 13.2 Å². The van der Waals surface area contributed by atoms with Crippen LogP contribution in [-0.4, -0.2) is 30.4 Å². The molecule has 0 bridgehead atoms. The monoisotopic (exact) mass is 265 g/mol. The van der Waals surface area contributed by atoms with Crippen LogP contribution in [0.5, 0.6) is 5.75 Å². The Morgan fingerprint density at radius 2 is 1.74 bits per heavy atom. The number of nitrogens with one attached hydrogen (secondary N) is 1. The van der Waals surface area contributed by atoms with Crippen molar-refractivity contribution in [3.05, 3.63) is 29.3 Å². The second kappa shape index (κ2) is 8.18. The topological polar surface area (TPSA) is 41.5 Å². The molecule has 1 atom stereocenters.